The Morgan fingerprint density at radius 1 is 1.00 bits per heavy atom. The molecule has 1 nitrogen and oxygen atoms in total. The zero-order valence-corrected chi connectivity index (χ0v) is 12.5. The number of rotatable bonds is 6. The standard InChI is InChI=1S/C17H21NS/c1-3-18-12-15-7-9-17(10-8-15)19-13-16-6-4-5-14(2)11-16/h4-11,18H,3,12-13H2,1-2H3. The number of nitrogens with one attached hydrogen (secondary N) is 1. The minimum absolute atomic E-state index is 0.958. The monoisotopic (exact) mass is 271 g/mol. The highest BCUT2D eigenvalue weighted by molar-refractivity contribution is 7.98. The molecule has 0 fully saturated rings. The van der Waals surface area contributed by atoms with Gasteiger partial charge in [0.05, 0.1) is 0 Å². The Bertz CT molecular complexity index is 505. The molecule has 2 rings (SSSR count). The van der Waals surface area contributed by atoms with Gasteiger partial charge in [-0.15, -0.1) is 11.8 Å². The largest absolute Gasteiger partial charge is 0.313 e. The highest BCUT2D eigenvalue weighted by Crippen LogP contribution is 2.23. The molecular formula is C17H21NS. The second kappa shape index (κ2) is 7.37. The van der Waals surface area contributed by atoms with Crippen LogP contribution in [-0.4, -0.2) is 6.54 Å². The lowest BCUT2D eigenvalue weighted by molar-refractivity contribution is 0.726. The van der Waals surface area contributed by atoms with Crippen molar-refractivity contribution in [2.75, 3.05) is 6.54 Å². The van der Waals surface area contributed by atoms with E-state index >= 15 is 0 Å². The van der Waals surface area contributed by atoms with Crippen molar-refractivity contribution < 1.29 is 0 Å². The molecule has 0 unspecified atom stereocenters. The average Bonchev–Trinajstić information content (AvgIpc) is 2.44. The number of aryl methyl sites for hydroxylation is 1. The van der Waals surface area contributed by atoms with E-state index in [2.05, 4.69) is 67.7 Å². The van der Waals surface area contributed by atoms with Crippen LogP contribution >= 0.6 is 11.8 Å². The average molecular weight is 271 g/mol. The Morgan fingerprint density at radius 3 is 2.47 bits per heavy atom. The molecule has 0 aliphatic heterocycles. The Hall–Kier alpha value is -1.25. The molecule has 0 amide bonds. The van der Waals surface area contributed by atoms with E-state index in [1.165, 1.54) is 21.6 Å². The molecule has 100 valence electrons. The van der Waals surface area contributed by atoms with Gasteiger partial charge in [-0.25, -0.2) is 0 Å². The van der Waals surface area contributed by atoms with Crippen LogP contribution in [0.2, 0.25) is 0 Å². The molecule has 0 aliphatic carbocycles. The lowest BCUT2D eigenvalue weighted by Crippen LogP contribution is -2.11. The Morgan fingerprint density at radius 2 is 1.79 bits per heavy atom. The summed E-state index contributed by atoms with van der Waals surface area (Å²) in [5, 5.41) is 3.34. The van der Waals surface area contributed by atoms with E-state index in [1.54, 1.807) is 0 Å². The fourth-order valence-electron chi connectivity index (χ4n) is 1.94. The van der Waals surface area contributed by atoms with E-state index in [4.69, 9.17) is 0 Å². The van der Waals surface area contributed by atoms with Crippen molar-refractivity contribution in [1.29, 1.82) is 0 Å². The zero-order chi connectivity index (χ0) is 13.5. The summed E-state index contributed by atoms with van der Waals surface area (Å²) in [6.45, 7) is 6.25. The summed E-state index contributed by atoms with van der Waals surface area (Å²) in [5.41, 5.74) is 4.07. The molecule has 0 saturated heterocycles. The molecule has 0 heterocycles. The van der Waals surface area contributed by atoms with E-state index < -0.39 is 0 Å². The van der Waals surface area contributed by atoms with Crippen LogP contribution in [0.5, 0.6) is 0 Å². The number of benzene rings is 2. The Labute approximate surface area is 120 Å². The van der Waals surface area contributed by atoms with Gasteiger partial charge >= 0.3 is 0 Å². The summed E-state index contributed by atoms with van der Waals surface area (Å²) in [7, 11) is 0. The quantitative estimate of drug-likeness (QED) is 0.782. The van der Waals surface area contributed by atoms with Crippen molar-refractivity contribution in [3.8, 4) is 0 Å². The fourth-order valence-corrected chi connectivity index (χ4v) is 2.78. The van der Waals surface area contributed by atoms with E-state index in [0.29, 0.717) is 0 Å². The smallest absolute Gasteiger partial charge is 0.0232 e. The van der Waals surface area contributed by atoms with Crippen LogP contribution in [0, 0.1) is 6.92 Å². The molecule has 2 aromatic carbocycles. The first-order valence-corrected chi connectivity index (χ1v) is 7.74. The fraction of sp³-hybridized carbons (Fsp3) is 0.294. The van der Waals surface area contributed by atoms with Crippen molar-refractivity contribution >= 4 is 11.8 Å². The SMILES string of the molecule is CCNCc1ccc(SCc2cccc(C)c2)cc1. The van der Waals surface area contributed by atoms with Crippen LogP contribution in [0.4, 0.5) is 0 Å². The van der Waals surface area contributed by atoms with Crippen molar-refractivity contribution in [1.82, 2.24) is 5.32 Å². The van der Waals surface area contributed by atoms with E-state index in [9.17, 15) is 0 Å². The molecule has 0 aliphatic rings. The van der Waals surface area contributed by atoms with Gasteiger partial charge in [0, 0.05) is 17.2 Å². The number of thioether (sulfide) groups is 1. The molecule has 2 aromatic rings. The number of hydrogen-bond acceptors (Lipinski definition) is 2. The van der Waals surface area contributed by atoms with Crippen molar-refractivity contribution in [2.45, 2.75) is 31.0 Å². The summed E-state index contributed by atoms with van der Waals surface area (Å²) >= 11 is 1.89. The van der Waals surface area contributed by atoms with Gasteiger partial charge in [-0.1, -0.05) is 48.9 Å². The molecule has 2 heteroatoms. The predicted molar refractivity (Wildman–Crippen MR) is 84.6 cm³/mol. The molecule has 0 saturated carbocycles. The first-order chi connectivity index (χ1) is 9.28. The maximum Gasteiger partial charge on any atom is 0.0232 e. The van der Waals surface area contributed by atoms with Gasteiger partial charge in [0.25, 0.3) is 0 Å². The van der Waals surface area contributed by atoms with E-state index in [1.807, 2.05) is 11.8 Å². The lowest BCUT2D eigenvalue weighted by atomic mass is 10.2. The van der Waals surface area contributed by atoms with Crippen LogP contribution in [-0.2, 0) is 12.3 Å². The third-order valence-electron chi connectivity index (χ3n) is 2.99. The third-order valence-corrected chi connectivity index (χ3v) is 4.07. The Balaban J connectivity index is 1.89. The normalized spacial score (nSPS) is 10.6. The molecule has 0 bridgehead atoms. The van der Waals surface area contributed by atoms with Crippen LogP contribution in [0.25, 0.3) is 0 Å². The third kappa shape index (κ3) is 4.73. The van der Waals surface area contributed by atoms with Gasteiger partial charge in [-0.05, 0) is 36.7 Å². The van der Waals surface area contributed by atoms with Gasteiger partial charge in [0.1, 0.15) is 0 Å². The number of hydrogen-bond donors (Lipinski definition) is 1. The minimum atomic E-state index is 0.958. The zero-order valence-electron chi connectivity index (χ0n) is 11.6. The van der Waals surface area contributed by atoms with Gasteiger partial charge in [-0.3, -0.25) is 0 Å². The maximum absolute atomic E-state index is 3.34. The Kier molecular flexibility index (Phi) is 5.49. The highest BCUT2D eigenvalue weighted by atomic mass is 32.2. The molecule has 19 heavy (non-hydrogen) atoms. The minimum Gasteiger partial charge on any atom is -0.313 e. The van der Waals surface area contributed by atoms with Crippen LogP contribution in [0.3, 0.4) is 0 Å². The van der Waals surface area contributed by atoms with Crippen molar-refractivity contribution in [3.05, 3.63) is 65.2 Å². The van der Waals surface area contributed by atoms with Crippen LogP contribution in [0.1, 0.15) is 23.6 Å². The molecule has 0 spiro atoms. The van der Waals surface area contributed by atoms with Crippen LogP contribution in [0.15, 0.2) is 53.4 Å². The lowest BCUT2D eigenvalue weighted by Gasteiger charge is -2.05. The second-order valence-corrected chi connectivity index (χ2v) is 5.75. The summed E-state index contributed by atoms with van der Waals surface area (Å²) < 4.78 is 0. The maximum atomic E-state index is 3.34. The van der Waals surface area contributed by atoms with Crippen molar-refractivity contribution in [2.24, 2.45) is 0 Å². The summed E-state index contributed by atoms with van der Waals surface area (Å²) in [5.74, 6) is 1.04. The summed E-state index contributed by atoms with van der Waals surface area (Å²) in [6.07, 6.45) is 0. The molecule has 0 atom stereocenters. The predicted octanol–water partition coefficient (Wildman–Crippen LogP) is 4.40. The van der Waals surface area contributed by atoms with Gasteiger partial charge < -0.3 is 5.32 Å². The second-order valence-electron chi connectivity index (χ2n) is 4.70. The molecular weight excluding hydrogens is 250 g/mol. The topological polar surface area (TPSA) is 12.0 Å². The van der Waals surface area contributed by atoms with E-state index in [-0.39, 0.29) is 0 Å². The van der Waals surface area contributed by atoms with Gasteiger partial charge in [0.2, 0.25) is 0 Å². The van der Waals surface area contributed by atoms with Crippen LogP contribution < -0.4 is 5.32 Å². The van der Waals surface area contributed by atoms with E-state index in [0.717, 1.165) is 18.8 Å². The molecule has 0 radical (unpaired) electrons. The van der Waals surface area contributed by atoms with Crippen molar-refractivity contribution in [3.63, 3.8) is 0 Å². The van der Waals surface area contributed by atoms with Gasteiger partial charge in [0.15, 0.2) is 0 Å². The molecule has 1 N–H and O–H groups in total. The first-order valence-electron chi connectivity index (χ1n) is 6.76. The first kappa shape index (κ1) is 14.2. The summed E-state index contributed by atoms with van der Waals surface area (Å²) in [4.78, 5) is 1.33. The molecule has 0 aromatic heterocycles. The summed E-state index contributed by atoms with van der Waals surface area (Å²) in [6, 6.07) is 17.6. The highest BCUT2D eigenvalue weighted by Gasteiger charge is 1.98. The van der Waals surface area contributed by atoms with Gasteiger partial charge in [-0.2, -0.15) is 0 Å².